The summed E-state index contributed by atoms with van der Waals surface area (Å²) in [7, 11) is 0. The molecule has 1 amide bonds. The molecule has 0 unspecified atom stereocenters. The van der Waals surface area contributed by atoms with Gasteiger partial charge in [-0.1, -0.05) is 29.4 Å². The first-order valence-electron chi connectivity index (χ1n) is 7.65. The van der Waals surface area contributed by atoms with Gasteiger partial charge in [-0.05, 0) is 36.3 Å². The number of aryl methyl sites for hydroxylation is 1. The number of nitrogens with one attached hydrogen (secondary N) is 2. The lowest BCUT2D eigenvalue weighted by atomic mass is 10.1. The fraction of sp³-hybridized carbons (Fsp3) is 0.111. The van der Waals surface area contributed by atoms with Crippen molar-refractivity contribution < 1.29 is 9.32 Å². The van der Waals surface area contributed by atoms with Gasteiger partial charge in [0.1, 0.15) is 0 Å². The maximum atomic E-state index is 11.9. The smallest absolute Gasteiger partial charge is 0.259 e. The summed E-state index contributed by atoms with van der Waals surface area (Å²) in [6.07, 6.45) is 4.71. The number of aromatic nitrogens is 3. The Balaban J connectivity index is 1.61. The molecule has 0 atom stereocenters. The Kier molecular flexibility index (Phi) is 4.84. The molecule has 1 aromatic carbocycles. The number of hydrogen-bond acceptors (Lipinski definition) is 5. The summed E-state index contributed by atoms with van der Waals surface area (Å²) >= 11 is 0. The lowest BCUT2D eigenvalue weighted by Crippen LogP contribution is -2.20. The molecular weight excluding hydrogens is 320 g/mol. The second-order valence-corrected chi connectivity index (χ2v) is 5.33. The number of carbonyl (C=O) groups excluding carboxylic acids is 1. The standard InChI is InChI=1S/C18H16N4O3/c1-12-5-2-3-6-13(12)8-9-15(23)20-11-16-21-17(22-25-16)14-7-4-10-19-18(14)24/h2-10H,11H2,1H3,(H,19,24)(H,20,23)/b9-8-. The highest BCUT2D eigenvalue weighted by molar-refractivity contribution is 5.91. The van der Waals surface area contributed by atoms with Gasteiger partial charge < -0.3 is 14.8 Å². The molecule has 7 nitrogen and oxygen atoms in total. The molecule has 25 heavy (non-hydrogen) atoms. The second-order valence-electron chi connectivity index (χ2n) is 5.33. The summed E-state index contributed by atoms with van der Waals surface area (Å²) in [5.74, 6) is 0.123. The van der Waals surface area contributed by atoms with E-state index in [4.69, 9.17) is 4.52 Å². The van der Waals surface area contributed by atoms with Gasteiger partial charge in [-0.15, -0.1) is 0 Å². The van der Waals surface area contributed by atoms with Crippen molar-refractivity contribution in [2.45, 2.75) is 13.5 Å². The normalized spacial score (nSPS) is 10.9. The zero-order valence-corrected chi connectivity index (χ0v) is 13.5. The second kappa shape index (κ2) is 7.39. The Morgan fingerprint density at radius 1 is 1.28 bits per heavy atom. The van der Waals surface area contributed by atoms with Gasteiger partial charge in [-0.25, -0.2) is 0 Å². The van der Waals surface area contributed by atoms with Crippen LogP contribution in [0.25, 0.3) is 17.5 Å². The van der Waals surface area contributed by atoms with Crippen molar-refractivity contribution in [3.05, 3.63) is 76.0 Å². The van der Waals surface area contributed by atoms with Gasteiger partial charge in [0.05, 0.1) is 12.1 Å². The Morgan fingerprint density at radius 3 is 2.92 bits per heavy atom. The van der Waals surface area contributed by atoms with Crippen molar-refractivity contribution >= 4 is 12.0 Å². The Hall–Kier alpha value is -3.48. The minimum atomic E-state index is -0.306. The van der Waals surface area contributed by atoms with Crippen LogP contribution in [0.3, 0.4) is 0 Å². The average Bonchev–Trinajstić information content (AvgIpc) is 3.08. The SMILES string of the molecule is Cc1ccccc1/C=C\C(=O)NCc1nc(-c2ccc[nH]c2=O)no1. The maximum absolute atomic E-state index is 11.9. The molecule has 0 aliphatic heterocycles. The van der Waals surface area contributed by atoms with Gasteiger partial charge in [0.2, 0.25) is 17.6 Å². The summed E-state index contributed by atoms with van der Waals surface area (Å²) in [5.41, 5.74) is 2.06. The monoisotopic (exact) mass is 336 g/mol. The van der Waals surface area contributed by atoms with Crippen molar-refractivity contribution in [1.29, 1.82) is 0 Å². The van der Waals surface area contributed by atoms with Crippen LogP contribution < -0.4 is 10.9 Å². The molecule has 2 heterocycles. The van der Waals surface area contributed by atoms with Crippen LogP contribution in [-0.2, 0) is 11.3 Å². The Bertz CT molecular complexity index is 972. The highest BCUT2D eigenvalue weighted by Gasteiger charge is 2.11. The van der Waals surface area contributed by atoms with Crippen LogP contribution in [0.5, 0.6) is 0 Å². The summed E-state index contributed by atoms with van der Waals surface area (Å²) in [6.45, 7) is 2.05. The first-order valence-corrected chi connectivity index (χ1v) is 7.65. The molecule has 0 saturated carbocycles. The van der Waals surface area contributed by atoms with Crippen LogP contribution in [0.4, 0.5) is 0 Å². The van der Waals surface area contributed by atoms with Crippen LogP contribution in [0, 0.1) is 6.92 Å². The fourth-order valence-corrected chi connectivity index (χ4v) is 2.19. The van der Waals surface area contributed by atoms with Crippen LogP contribution in [-0.4, -0.2) is 21.0 Å². The quantitative estimate of drug-likeness (QED) is 0.695. The van der Waals surface area contributed by atoms with Crippen molar-refractivity contribution in [2.75, 3.05) is 0 Å². The number of nitrogens with zero attached hydrogens (tertiary/aromatic N) is 2. The van der Waals surface area contributed by atoms with E-state index in [2.05, 4.69) is 20.4 Å². The summed E-state index contributed by atoms with van der Waals surface area (Å²) in [4.78, 5) is 30.2. The average molecular weight is 336 g/mol. The molecule has 2 aromatic heterocycles. The number of rotatable bonds is 5. The van der Waals surface area contributed by atoms with Gasteiger partial charge in [-0.2, -0.15) is 4.98 Å². The van der Waals surface area contributed by atoms with Gasteiger partial charge in [0.15, 0.2) is 0 Å². The van der Waals surface area contributed by atoms with E-state index in [0.29, 0.717) is 5.56 Å². The fourth-order valence-electron chi connectivity index (χ4n) is 2.19. The molecule has 0 radical (unpaired) electrons. The Labute approximate surface area is 143 Å². The molecule has 0 aliphatic carbocycles. The van der Waals surface area contributed by atoms with Crippen LogP contribution in [0.15, 0.2) is 58.0 Å². The van der Waals surface area contributed by atoms with Crippen molar-refractivity contribution in [1.82, 2.24) is 20.4 Å². The number of pyridine rings is 1. The van der Waals surface area contributed by atoms with E-state index in [1.807, 2.05) is 31.2 Å². The first kappa shape index (κ1) is 16.4. The molecule has 0 spiro atoms. The summed E-state index contributed by atoms with van der Waals surface area (Å²) < 4.78 is 5.05. The number of amides is 1. The van der Waals surface area contributed by atoms with Crippen molar-refractivity contribution in [2.24, 2.45) is 0 Å². The van der Waals surface area contributed by atoms with Gasteiger partial charge >= 0.3 is 0 Å². The molecule has 0 fully saturated rings. The Morgan fingerprint density at radius 2 is 2.12 bits per heavy atom. The van der Waals surface area contributed by atoms with Gasteiger partial charge in [0, 0.05) is 12.3 Å². The highest BCUT2D eigenvalue weighted by Crippen LogP contribution is 2.10. The topological polar surface area (TPSA) is 101 Å². The van der Waals surface area contributed by atoms with E-state index in [-0.39, 0.29) is 29.7 Å². The number of benzene rings is 1. The molecule has 126 valence electrons. The number of H-pyrrole nitrogens is 1. The third kappa shape index (κ3) is 4.08. The predicted octanol–water partition coefficient (Wildman–Crippen LogP) is 2.06. The lowest BCUT2D eigenvalue weighted by molar-refractivity contribution is -0.116. The molecule has 0 aliphatic rings. The van der Waals surface area contributed by atoms with Crippen LogP contribution >= 0.6 is 0 Å². The molecule has 0 bridgehead atoms. The minimum Gasteiger partial charge on any atom is -0.343 e. The number of hydrogen-bond donors (Lipinski definition) is 2. The van der Waals surface area contributed by atoms with E-state index in [1.165, 1.54) is 12.3 Å². The van der Waals surface area contributed by atoms with E-state index >= 15 is 0 Å². The first-order chi connectivity index (χ1) is 12.1. The van der Waals surface area contributed by atoms with E-state index in [9.17, 15) is 9.59 Å². The molecule has 2 N–H and O–H groups in total. The van der Waals surface area contributed by atoms with Crippen molar-refractivity contribution in [3.63, 3.8) is 0 Å². The largest absolute Gasteiger partial charge is 0.343 e. The highest BCUT2D eigenvalue weighted by atomic mass is 16.5. The third-order valence-electron chi connectivity index (χ3n) is 3.54. The van der Waals surface area contributed by atoms with Crippen molar-refractivity contribution in [3.8, 4) is 11.4 Å². The predicted molar refractivity (Wildman–Crippen MR) is 92.4 cm³/mol. The molecular formula is C18H16N4O3. The van der Waals surface area contributed by atoms with Crippen LogP contribution in [0.1, 0.15) is 17.0 Å². The summed E-state index contributed by atoms with van der Waals surface area (Å²) in [6, 6.07) is 11.0. The van der Waals surface area contributed by atoms with Gasteiger partial charge in [0.25, 0.3) is 5.56 Å². The van der Waals surface area contributed by atoms with Gasteiger partial charge in [-0.3, -0.25) is 9.59 Å². The molecule has 3 rings (SSSR count). The number of carbonyl (C=O) groups is 1. The maximum Gasteiger partial charge on any atom is 0.259 e. The molecule has 7 heteroatoms. The lowest BCUT2D eigenvalue weighted by Gasteiger charge is -1.99. The zero-order chi connectivity index (χ0) is 17.6. The minimum absolute atomic E-state index is 0.0781. The third-order valence-corrected chi connectivity index (χ3v) is 3.54. The molecule has 3 aromatic rings. The van der Waals surface area contributed by atoms with Crippen LogP contribution in [0.2, 0.25) is 0 Å². The van der Waals surface area contributed by atoms with E-state index in [1.54, 1.807) is 18.2 Å². The number of aromatic amines is 1. The van der Waals surface area contributed by atoms with E-state index in [0.717, 1.165) is 11.1 Å². The van der Waals surface area contributed by atoms with E-state index < -0.39 is 0 Å². The summed E-state index contributed by atoms with van der Waals surface area (Å²) in [5, 5.41) is 6.42. The molecule has 0 saturated heterocycles. The zero-order valence-electron chi connectivity index (χ0n) is 13.5.